The third-order valence-electron chi connectivity index (χ3n) is 1.92. The summed E-state index contributed by atoms with van der Waals surface area (Å²) in [5.74, 6) is 4.86. The number of ether oxygens (including phenoxy) is 2. The molecule has 1 aromatic carbocycles. The van der Waals surface area contributed by atoms with Crippen LogP contribution in [0.15, 0.2) is 18.2 Å². The third kappa shape index (κ3) is 4.05. The second-order valence-corrected chi connectivity index (χ2v) is 3.99. The molecule has 17 heavy (non-hydrogen) atoms. The van der Waals surface area contributed by atoms with Crippen molar-refractivity contribution in [2.75, 3.05) is 13.7 Å². The molecule has 94 valence electrons. The summed E-state index contributed by atoms with van der Waals surface area (Å²) in [6.45, 7) is 0.0575. The number of rotatable bonds is 5. The summed E-state index contributed by atoms with van der Waals surface area (Å²) in [4.78, 5) is 11.4. The average Bonchev–Trinajstić information content (AvgIpc) is 2.30. The van der Waals surface area contributed by atoms with Crippen LogP contribution < -0.4 is 16.0 Å². The standard InChI is InChI=1S/C10H12Cl2N2O3/c1-16-5-9(10(15)14-13)17-8-3-2-6(11)4-7(8)12/h2-4,9H,5,13H2,1H3,(H,14,15). The second kappa shape index (κ2) is 6.66. The van der Waals surface area contributed by atoms with Crippen LogP contribution in [-0.4, -0.2) is 25.7 Å². The Morgan fingerprint density at radius 2 is 2.24 bits per heavy atom. The van der Waals surface area contributed by atoms with Gasteiger partial charge in [-0.15, -0.1) is 0 Å². The van der Waals surface area contributed by atoms with E-state index >= 15 is 0 Å². The number of benzene rings is 1. The lowest BCUT2D eigenvalue weighted by Crippen LogP contribution is -2.44. The van der Waals surface area contributed by atoms with Gasteiger partial charge in [0.15, 0.2) is 0 Å². The number of nitrogens with one attached hydrogen (secondary N) is 1. The number of halogens is 2. The maximum absolute atomic E-state index is 11.4. The van der Waals surface area contributed by atoms with E-state index in [2.05, 4.69) is 0 Å². The van der Waals surface area contributed by atoms with Crippen molar-refractivity contribution in [2.45, 2.75) is 6.10 Å². The second-order valence-electron chi connectivity index (χ2n) is 3.15. The van der Waals surface area contributed by atoms with Crippen molar-refractivity contribution in [2.24, 2.45) is 5.84 Å². The molecule has 3 N–H and O–H groups in total. The quantitative estimate of drug-likeness (QED) is 0.485. The van der Waals surface area contributed by atoms with Crippen molar-refractivity contribution in [3.8, 4) is 5.75 Å². The van der Waals surface area contributed by atoms with Crippen molar-refractivity contribution in [3.63, 3.8) is 0 Å². The molecule has 0 aliphatic carbocycles. The summed E-state index contributed by atoms with van der Waals surface area (Å²) in [7, 11) is 1.45. The molecule has 0 heterocycles. The fraction of sp³-hybridized carbons (Fsp3) is 0.300. The molecule has 0 fully saturated rings. The minimum atomic E-state index is -0.872. The van der Waals surface area contributed by atoms with E-state index in [4.69, 9.17) is 38.5 Å². The van der Waals surface area contributed by atoms with Crippen molar-refractivity contribution in [3.05, 3.63) is 28.2 Å². The van der Waals surface area contributed by atoms with Gasteiger partial charge < -0.3 is 9.47 Å². The predicted octanol–water partition coefficient (Wildman–Crippen LogP) is 1.38. The Bertz CT molecular complexity index is 401. The number of hydrazine groups is 1. The van der Waals surface area contributed by atoms with Gasteiger partial charge in [-0.25, -0.2) is 5.84 Å². The van der Waals surface area contributed by atoms with Gasteiger partial charge >= 0.3 is 0 Å². The van der Waals surface area contributed by atoms with Gasteiger partial charge in [-0.2, -0.15) is 0 Å². The minimum Gasteiger partial charge on any atom is -0.477 e. The van der Waals surface area contributed by atoms with Crippen molar-refractivity contribution < 1.29 is 14.3 Å². The Morgan fingerprint density at radius 1 is 1.53 bits per heavy atom. The molecule has 1 atom stereocenters. The minimum absolute atomic E-state index is 0.0575. The first-order chi connectivity index (χ1) is 8.08. The number of carbonyl (C=O) groups is 1. The highest BCUT2D eigenvalue weighted by Gasteiger charge is 2.20. The average molecular weight is 279 g/mol. The van der Waals surface area contributed by atoms with E-state index in [0.29, 0.717) is 15.8 Å². The highest BCUT2D eigenvalue weighted by atomic mass is 35.5. The molecule has 0 radical (unpaired) electrons. The number of methoxy groups -OCH3 is 1. The summed E-state index contributed by atoms with van der Waals surface area (Å²) in [6, 6.07) is 4.69. The van der Waals surface area contributed by atoms with Gasteiger partial charge in [0.2, 0.25) is 6.10 Å². The molecule has 1 aromatic rings. The van der Waals surface area contributed by atoms with E-state index in [9.17, 15) is 4.79 Å². The van der Waals surface area contributed by atoms with Gasteiger partial charge in [-0.05, 0) is 18.2 Å². The summed E-state index contributed by atoms with van der Waals surface area (Å²) in [5.41, 5.74) is 1.99. The fourth-order valence-corrected chi connectivity index (χ4v) is 1.58. The highest BCUT2D eigenvalue weighted by Crippen LogP contribution is 2.28. The molecule has 5 nitrogen and oxygen atoms in total. The molecule has 0 saturated carbocycles. The van der Waals surface area contributed by atoms with Crippen LogP contribution in [0.25, 0.3) is 0 Å². The first kappa shape index (κ1) is 14.1. The van der Waals surface area contributed by atoms with Gasteiger partial charge in [-0.1, -0.05) is 23.2 Å². The molecule has 1 amide bonds. The monoisotopic (exact) mass is 278 g/mol. The Morgan fingerprint density at radius 3 is 2.76 bits per heavy atom. The van der Waals surface area contributed by atoms with E-state index < -0.39 is 12.0 Å². The number of nitrogens with two attached hydrogens (primary N) is 1. The van der Waals surface area contributed by atoms with Crippen LogP contribution in [0, 0.1) is 0 Å². The molecule has 0 aliphatic heterocycles. The molecule has 0 aliphatic rings. The summed E-state index contributed by atoms with van der Waals surface area (Å²) in [6.07, 6.45) is -0.872. The van der Waals surface area contributed by atoms with E-state index in [0.717, 1.165) is 0 Å². The third-order valence-corrected chi connectivity index (χ3v) is 2.45. The van der Waals surface area contributed by atoms with Crippen LogP contribution in [0.5, 0.6) is 5.75 Å². The summed E-state index contributed by atoms with van der Waals surface area (Å²) >= 11 is 11.6. The zero-order chi connectivity index (χ0) is 12.8. The molecule has 0 aromatic heterocycles. The first-order valence-electron chi connectivity index (χ1n) is 4.69. The lowest BCUT2D eigenvalue weighted by molar-refractivity contribution is -0.130. The maximum Gasteiger partial charge on any atom is 0.277 e. The molecular formula is C10H12Cl2N2O3. The molecule has 7 heteroatoms. The number of amides is 1. The van der Waals surface area contributed by atoms with E-state index in [1.807, 2.05) is 5.43 Å². The number of hydrogen-bond acceptors (Lipinski definition) is 4. The van der Waals surface area contributed by atoms with Crippen molar-refractivity contribution in [1.82, 2.24) is 5.43 Å². The largest absolute Gasteiger partial charge is 0.477 e. The van der Waals surface area contributed by atoms with Gasteiger partial charge in [-0.3, -0.25) is 10.2 Å². The van der Waals surface area contributed by atoms with Crippen LogP contribution in [0.4, 0.5) is 0 Å². The Labute approximate surface area is 109 Å². The molecule has 1 unspecified atom stereocenters. The van der Waals surface area contributed by atoms with Crippen LogP contribution in [0.2, 0.25) is 10.0 Å². The molecule has 0 saturated heterocycles. The van der Waals surface area contributed by atoms with Crippen LogP contribution in [-0.2, 0) is 9.53 Å². The Hall–Kier alpha value is -1.01. The van der Waals surface area contributed by atoms with Gasteiger partial charge in [0.05, 0.1) is 11.6 Å². The van der Waals surface area contributed by atoms with Crippen LogP contribution >= 0.6 is 23.2 Å². The van der Waals surface area contributed by atoms with Gasteiger partial charge in [0.1, 0.15) is 5.75 Å². The van der Waals surface area contributed by atoms with E-state index in [1.165, 1.54) is 13.2 Å². The van der Waals surface area contributed by atoms with Crippen molar-refractivity contribution in [1.29, 1.82) is 0 Å². The zero-order valence-electron chi connectivity index (χ0n) is 9.07. The van der Waals surface area contributed by atoms with Gasteiger partial charge in [0, 0.05) is 12.1 Å². The molecule has 1 rings (SSSR count). The summed E-state index contributed by atoms with van der Waals surface area (Å²) < 4.78 is 10.2. The Balaban J connectivity index is 2.82. The maximum atomic E-state index is 11.4. The van der Waals surface area contributed by atoms with Crippen LogP contribution in [0.1, 0.15) is 0 Å². The lowest BCUT2D eigenvalue weighted by Gasteiger charge is -2.17. The lowest BCUT2D eigenvalue weighted by atomic mass is 10.3. The van der Waals surface area contributed by atoms with E-state index in [-0.39, 0.29) is 6.61 Å². The normalized spacial score (nSPS) is 12.0. The summed E-state index contributed by atoms with van der Waals surface area (Å²) in [5, 5.41) is 0.789. The van der Waals surface area contributed by atoms with Gasteiger partial charge in [0.25, 0.3) is 5.91 Å². The SMILES string of the molecule is COCC(Oc1ccc(Cl)cc1Cl)C(=O)NN. The topological polar surface area (TPSA) is 73.6 Å². The van der Waals surface area contributed by atoms with E-state index in [1.54, 1.807) is 12.1 Å². The zero-order valence-corrected chi connectivity index (χ0v) is 10.6. The first-order valence-corrected chi connectivity index (χ1v) is 5.45. The molecular weight excluding hydrogens is 267 g/mol. The molecule has 0 spiro atoms. The highest BCUT2D eigenvalue weighted by molar-refractivity contribution is 6.35. The number of hydrogen-bond donors (Lipinski definition) is 2. The van der Waals surface area contributed by atoms with Crippen molar-refractivity contribution >= 4 is 29.1 Å². The smallest absolute Gasteiger partial charge is 0.277 e. The number of carbonyl (C=O) groups excluding carboxylic acids is 1. The molecule has 0 bridgehead atoms. The predicted molar refractivity (Wildman–Crippen MR) is 65.1 cm³/mol. The van der Waals surface area contributed by atoms with Crippen LogP contribution in [0.3, 0.4) is 0 Å². The fourth-order valence-electron chi connectivity index (χ4n) is 1.13. The Kier molecular flexibility index (Phi) is 5.50.